The van der Waals surface area contributed by atoms with Gasteiger partial charge in [-0.1, -0.05) is 19.4 Å². The first kappa shape index (κ1) is 19.7. The van der Waals surface area contributed by atoms with Crippen molar-refractivity contribution in [2.24, 2.45) is 11.8 Å². The zero-order valence-corrected chi connectivity index (χ0v) is 16.4. The molecule has 6 heteroatoms. The summed E-state index contributed by atoms with van der Waals surface area (Å²) in [6, 6.07) is 7.41. The lowest BCUT2D eigenvalue weighted by molar-refractivity contribution is -0.126. The van der Waals surface area contributed by atoms with Gasteiger partial charge in [0.2, 0.25) is 11.8 Å². The minimum atomic E-state index is -0.286. The third kappa shape index (κ3) is 5.22. The number of rotatable bonds is 7. The van der Waals surface area contributed by atoms with Crippen molar-refractivity contribution in [2.75, 3.05) is 44.7 Å². The second kappa shape index (κ2) is 9.22. The predicted octanol–water partition coefficient (Wildman–Crippen LogP) is 2.29. The van der Waals surface area contributed by atoms with Crippen LogP contribution in [0.4, 0.5) is 5.69 Å². The van der Waals surface area contributed by atoms with Gasteiger partial charge in [0.25, 0.3) is 0 Å². The van der Waals surface area contributed by atoms with Crippen molar-refractivity contribution in [3.8, 4) is 5.75 Å². The molecule has 2 fully saturated rings. The number of hydrogen-bond donors (Lipinski definition) is 1. The molecule has 2 heterocycles. The topological polar surface area (TPSA) is 61.9 Å². The number of anilines is 1. The zero-order valence-electron chi connectivity index (χ0n) is 16.4. The van der Waals surface area contributed by atoms with Gasteiger partial charge in [0.15, 0.2) is 0 Å². The van der Waals surface area contributed by atoms with E-state index in [-0.39, 0.29) is 24.2 Å². The highest BCUT2D eigenvalue weighted by atomic mass is 16.5. The highest BCUT2D eigenvalue weighted by Crippen LogP contribution is 2.28. The summed E-state index contributed by atoms with van der Waals surface area (Å²) in [7, 11) is 1.60. The average Bonchev–Trinajstić information content (AvgIpc) is 3.09. The van der Waals surface area contributed by atoms with Crippen molar-refractivity contribution < 1.29 is 14.3 Å². The van der Waals surface area contributed by atoms with Gasteiger partial charge in [0.05, 0.1) is 13.0 Å². The second-order valence-electron chi connectivity index (χ2n) is 7.82. The molecule has 1 aromatic rings. The minimum Gasteiger partial charge on any atom is -0.497 e. The Kier molecular flexibility index (Phi) is 6.72. The summed E-state index contributed by atoms with van der Waals surface area (Å²) in [5.41, 5.74) is 0.785. The smallest absolute Gasteiger partial charge is 0.227 e. The lowest BCUT2D eigenvalue weighted by Crippen LogP contribution is -2.40. The molecule has 1 N–H and O–H groups in total. The fraction of sp³-hybridized carbons (Fsp3) is 0.619. The number of likely N-dealkylation sites (tertiary alicyclic amines) is 1. The first-order valence-corrected chi connectivity index (χ1v) is 10.0. The van der Waals surface area contributed by atoms with Gasteiger partial charge < -0.3 is 19.9 Å². The van der Waals surface area contributed by atoms with Crippen LogP contribution in [-0.4, -0.2) is 56.5 Å². The monoisotopic (exact) mass is 373 g/mol. The van der Waals surface area contributed by atoms with E-state index < -0.39 is 0 Å². The van der Waals surface area contributed by atoms with Crippen LogP contribution < -0.4 is 15.0 Å². The standard InChI is InChI=1S/C21H31N3O3/c1-16(14-23-9-4-3-5-10-23)13-22-21(26)17-11-20(25)24(15-17)18-7-6-8-19(12-18)27-2/h6-8,12,16-17H,3-5,9-11,13-15H2,1-2H3,(H,22,26). The van der Waals surface area contributed by atoms with Crippen LogP contribution in [0.5, 0.6) is 5.75 Å². The summed E-state index contributed by atoms with van der Waals surface area (Å²) in [6.07, 6.45) is 4.16. The van der Waals surface area contributed by atoms with Gasteiger partial charge in [0, 0.05) is 37.8 Å². The van der Waals surface area contributed by atoms with Crippen molar-refractivity contribution >= 4 is 17.5 Å². The number of methoxy groups -OCH3 is 1. The van der Waals surface area contributed by atoms with Gasteiger partial charge in [-0.25, -0.2) is 0 Å². The maximum absolute atomic E-state index is 12.6. The Labute approximate surface area is 161 Å². The summed E-state index contributed by atoms with van der Waals surface area (Å²) < 4.78 is 5.23. The molecule has 2 aliphatic rings. The Balaban J connectivity index is 1.48. The van der Waals surface area contributed by atoms with Crippen molar-refractivity contribution in [3.05, 3.63) is 24.3 Å². The molecule has 2 atom stereocenters. The quantitative estimate of drug-likeness (QED) is 0.797. The second-order valence-corrected chi connectivity index (χ2v) is 7.82. The SMILES string of the molecule is COc1cccc(N2CC(C(=O)NCC(C)CN3CCCCC3)CC2=O)c1. The van der Waals surface area contributed by atoms with E-state index in [0.717, 1.165) is 12.2 Å². The van der Waals surface area contributed by atoms with Crippen LogP contribution in [0.2, 0.25) is 0 Å². The fourth-order valence-corrected chi connectivity index (χ4v) is 3.98. The molecule has 2 saturated heterocycles. The molecule has 2 aliphatic heterocycles. The summed E-state index contributed by atoms with van der Waals surface area (Å²) in [5.74, 6) is 0.813. The van der Waals surface area contributed by atoms with Crippen molar-refractivity contribution in [1.29, 1.82) is 0 Å². The van der Waals surface area contributed by atoms with E-state index in [1.165, 1.54) is 32.4 Å². The number of benzene rings is 1. The van der Waals surface area contributed by atoms with E-state index in [9.17, 15) is 9.59 Å². The first-order chi connectivity index (χ1) is 13.1. The van der Waals surface area contributed by atoms with Crippen molar-refractivity contribution in [2.45, 2.75) is 32.6 Å². The van der Waals surface area contributed by atoms with Gasteiger partial charge >= 0.3 is 0 Å². The summed E-state index contributed by atoms with van der Waals surface area (Å²) >= 11 is 0. The first-order valence-electron chi connectivity index (χ1n) is 10.0. The molecular weight excluding hydrogens is 342 g/mol. The number of piperidine rings is 1. The van der Waals surface area contributed by atoms with Crippen LogP contribution in [0.25, 0.3) is 0 Å². The zero-order chi connectivity index (χ0) is 19.2. The highest BCUT2D eigenvalue weighted by molar-refractivity contribution is 6.00. The molecule has 2 amide bonds. The maximum atomic E-state index is 12.6. The van der Waals surface area contributed by atoms with Crippen LogP contribution in [0.15, 0.2) is 24.3 Å². The van der Waals surface area contributed by atoms with Crippen molar-refractivity contribution in [3.63, 3.8) is 0 Å². The van der Waals surface area contributed by atoms with E-state index >= 15 is 0 Å². The van der Waals surface area contributed by atoms with Crippen LogP contribution >= 0.6 is 0 Å². The predicted molar refractivity (Wildman–Crippen MR) is 106 cm³/mol. The summed E-state index contributed by atoms with van der Waals surface area (Å²) in [6.45, 7) is 6.64. The Morgan fingerprint density at radius 2 is 2.07 bits per heavy atom. The number of nitrogens with one attached hydrogen (secondary N) is 1. The maximum Gasteiger partial charge on any atom is 0.227 e. The molecule has 0 saturated carbocycles. The Hall–Kier alpha value is -2.08. The molecule has 0 bridgehead atoms. The number of ether oxygens (including phenoxy) is 1. The Morgan fingerprint density at radius 1 is 1.30 bits per heavy atom. The van der Waals surface area contributed by atoms with E-state index in [0.29, 0.717) is 24.8 Å². The minimum absolute atomic E-state index is 0.00947. The Bertz CT molecular complexity index is 658. The van der Waals surface area contributed by atoms with Crippen LogP contribution in [0.1, 0.15) is 32.6 Å². The number of carbonyl (C=O) groups excluding carboxylic acids is 2. The average molecular weight is 373 g/mol. The summed E-state index contributed by atoms with van der Waals surface area (Å²) in [5, 5.41) is 3.06. The molecular formula is C21H31N3O3. The summed E-state index contributed by atoms with van der Waals surface area (Å²) in [4.78, 5) is 29.1. The van der Waals surface area contributed by atoms with Crippen molar-refractivity contribution in [1.82, 2.24) is 10.2 Å². The Morgan fingerprint density at radius 3 is 2.81 bits per heavy atom. The molecule has 6 nitrogen and oxygen atoms in total. The highest BCUT2D eigenvalue weighted by Gasteiger charge is 2.35. The van der Waals surface area contributed by atoms with Gasteiger partial charge in [-0.3, -0.25) is 9.59 Å². The van der Waals surface area contributed by atoms with Gasteiger partial charge in [-0.05, 0) is 44.0 Å². The molecule has 0 spiro atoms. The third-order valence-corrected chi connectivity index (χ3v) is 5.50. The van der Waals surface area contributed by atoms with Gasteiger partial charge in [0.1, 0.15) is 5.75 Å². The molecule has 2 unspecified atom stereocenters. The lowest BCUT2D eigenvalue weighted by atomic mass is 10.1. The normalized spacial score (nSPS) is 21.9. The molecule has 148 valence electrons. The third-order valence-electron chi connectivity index (χ3n) is 5.50. The molecule has 0 aliphatic carbocycles. The molecule has 1 aromatic carbocycles. The molecule has 3 rings (SSSR count). The molecule has 0 aromatic heterocycles. The van der Waals surface area contributed by atoms with Crippen LogP contribution in [-0.2, 0) is 9.59 Å². The van der Waals surface area contributed by atoms with Gasteiger partial charge in [-0.2, -0.15) is 0 Å². The molecule has 27 heavy (non-hydrogen) atoms. The van der Waals surface area contributed by atoms with Crippen LogP contribution in [0, 0.1) is 11.8 Å². The van der Waals surface area contributed by atoms with E-state index in [2.05, 4.69) is 17.1 Å². The fourth-order valence-electron chi connectivity index (χ4n) is 3.98. The van der Waals surface area contributed by atoms with E-state index in [4.69, 9.17) is 4.74 Å². The number of amides is 2. The van der Waals surface area contributed by atoms with Gasteiger partial charge in [-0.15, -0.1) is 0 Å². The largest absolute Gasteiger partial charge is 0.497 e. The number of nitrogens with zero attached hydrogens (tertiary/aromatic N) is 2. The molecule has 0 radical (unpaired) electrons. The van der Waals surface area contributed by atoms with Crippen LogP contribution in [0.3, 0.4) is 0 Å². The lowest BCUT2D eigenvalue weighted by Gasteiger charge is -2.29. The number of hydrogen-bond acceptors (Lipinski definition) is 4. The van der Waals surface area contributed by atoms with E-state index in [1.54, 1.807) is 12.0 Å². The van der Waals surface area contributed by atoms with E-state index in [1.807, 2.05) is 24.3 Å². The number of carbonyl (C=O) groups is 2.